The van der Waals surface area contributed by atoms with Gasteiger partial charge >= 0.3 is 0 Å². The molecule has 0 aliphatic carbocycles. The standard InChI is InChI=1S/2C20H14N4O.Zn/c2*25-20-11-18-9-16-4-3-14(22-16)7-12-1-2-13(21-12)8-15-5-6-17(23-15)10-19(20)24-18;/h2*1-11,21-22,24H;. The monoisotopic (exact) mass is 716 g/mol. The van der Waals surface area contributed by atoms with Crippen LogP contribution >= 0.6 is 0 Å². The zero-order valence-corrected chi connectivity index (χ0v) is 30.1. The Labute approximate surface area is 303 Å². The Balaban J connectivity index is 0.000000144. The molecule has 242 valence electrons. The second-order valence-corrected chi connectivity index (χ2v) is 12.2. The summed E-state index contributed by atoms with van der Waals surface area (Å²) in [6.07, 6.45) is 26.3. The number of carbonyl (C=O) groups is 2. The van der Waals surface area contributed by atoms with Crippen LogP contribution in [0.2, 0.25) is 0 Å². The number of H-pyrrole nitrogens is 4. The van der Waals surface area contributed by atoms with Gasteiger partial charge in [0.05, 0.1) is 34.2 Å². The summed E-state index contributed by atoms with van der Waals surface area (Å²) in [5.74, 6) is -0.0907. The van der Waals surface area contributed by atoms with Crippen molar-refractivity contribution < 1.29 is 29.1 Å². The second kappa shape index (κ2) is 13.0. The Morgan fingerprint density at radius 3 is 1.22 bits per heavy atom. The molecule has 16 bridgehead atoms. The van der Waals surface area contributed by atoms with Gasteiger partial charge in [0, 0.05) is 87.2 Å². The van der Waals surface area contributed by atoms with Crippen molar-refractivity contribution in [1.29, 1.82) is 0 Å². The number of allylic oxidation sites excluding steroid dienone is 10. The van der Waals surface area contributed by atoms with Crippen molar-refractivity contribution in [2.24, 2.45) is 9.98 Å². The molecule has 4 aromatic rings. The molecule has 4 aromatic heterocycles. The molecule has 6 N–H and O–H groups in total. The fraction of sp³-hybridized carbons (Fsp3) is 0. The third-order valence-corrected chi connectivity index (χ3v) is 8.39. The van der Waals surface area contributed by atoms with Gasteiger partial charge in [0.25, 0.3) is 0 Å². The van der Waals surface area contributed by atoms with Crippen LogP contribution in [0.15, 0.2) is 141 Å². The molecular formula is C40H28N8O2Zn. The number of nitrogens with one attached hydrogen (secondary N) is 6. The number of ketones is 2. The molecule has 0 atom stereocenters. The smallest absolute Gasteiger partial charge is 0.204 e. The summed E-state index contributed by atoms with van der Waals surface area (Å²) in [7, 11) is 0. The topological polar surface area (TPSA) is 146 Å². The van der Waals surface area contributed by atoms with E-state index >= 15 is 0 Å². The fourth-order valence-corrected chi connectivity index (χ4v) is 6.10. The number of carbonyl (C=O) groups excluding carboxylic acids is 2. The van der Waals surface area contributed by atoms with Crippen molar-refractivity contribution >= 4 is 59.4 Å². The second-order valence-electron chi connectivity index (χ2n) is 12.2. The van der Waals surface area contributed by atoms with E-state index in [0.717, 1.165) is 78.4 Å². The van der Waals surface area contributed by atoms with E-state index in [2.05, 4.69) is 40.6 Å². The average Bonchev–Trinajstić information content (AvgIpc) is 3.93. The van der Waals surface area contributed by atoms with Gasteiger partial charge in [-0.1, -0.05) is 0 Å². The molecule has 6 aliphatic heterocycles. The molecule has 0 spiro atoms. The molecular weight excluding hydrogens is 690 g/mol. The first-order valence-electron chi connectivity index (χ1n) is 16.0. The molecule has 0 saturated carbocycles. The first kappa shape index (κ1) is 31.7. The van der Waals surface area contributed by atoms with Crippen LogP contribution in [0, 0.1) is 0 Å². The van der Waals surface area contributed by atoms with E-state index in [1.54, 1.807) is 24.3 Å². The summed E-state index contributed by atoms with van der Waals surface area (Å²) >= 11 is 0. The van der Waals surface area contributed by atoms with Crippen molar-refractivity contribution in [1.82, 2.24) is 30.6 Å². The third-order valence-electron chi connectivity index (χ3n) is 8.39. The van der Waals surface area contributed by atoms with Crippen LogP contribution in [0.3, 0.4) is 0 Å². The Morgan fingerprint density at radius 1 is 0.392 bits per heavy atom. The number of aromatic nitrogens is 4. The molecule has 6 aliphatic rings. The van der Waals surface area contributed by atoms with Gasteiger partial charge in [-0.05, 0) is 121 Å². The van der Waals surface area contributed by atoms with Crippen LogP contribution < -0.4 is 32.0 Å². The number of aliphatic imine (C=N–C) groups is 2. The molecule has 0 radical (unpaired) electrons. The zero-order chi connectivity index (χ0) is 33.6. The maximum absolute atomic E-state index is 12.2. The molecule has 51 heavy (non-hydrogen) atoms. The van der Waals surface area contributed by atoms with Gasteiger partial charge in [-0.2, -0.15) is 0 Å². The Bertz CT molecular complexity index is 2550. The molecule has 10 rings (SSSR count). The number of rotatable bonds is 0. The van der Waals surface area contributed by atoms with E-state index in [0.29, 0.717) is 11.4 Å². The molecule has 0 amide bonds. The van der Waals surface area contributed by atoms with E-state index in [9.17, 15) is 9.59 Å². The Hall–Kier alpha value is -6.58. The number of nitrogens with zero attached hydrogens (tertiary/aromatic N) is 2. The van der Waals surface area contributed by atoms with E-state index in [1.807, 2.05) is 109 Å². The molecule has 0 fully saturated rings. The van der Waals surface area contributed by atoms with Gasteiger partial charge in [0.1, 0.15) is 0 Å². The van der Waals surface area contributed by atoms with Gasteiger partial charge in [-0.3, -0.25) is 9.59 Å². The van der Waals surface area contributed by atoms with Crippen molar-refractivity contribution in [3.8, 4) is 0 Å². The number of hydrogen-bond donors (Lipinski definition) is 6. The summed E-state index contributed by atoms with van der Waals surface area (Å²) in [6, 6.07) is 16.1. The quantitative estimate of drug-likeness (QED) is 0.155. The Kier molecular flexibility index (Phi) is 8.10. The van der Waals surface area contributed by atoms with E-state index < -0.39 is 0 Å². The summed E-state index contributed by atoms with van der Waals surface area (Å²) < 4.78 is 0. The van der Waals surface area contributed by atoms with Crippen LogP contribution in [-0.4, -0.2) is 42.9 Å². The summed E-state index contributed by atoms with van der Waals surface area (Å²) in [4.78, 5) is 46.8. The van der Waals surface area contributed by atoms with Gasteiger partial charge < -0.3 is 30.6 Å². The van der Waals surface area contributed by atoms with Gasteiger partial charge in [-0.15, -0.1) is 0 Å². The maximum Gasteiger partial charge on any atom is 0.204 e. The first-order valence-corrected chi connectivity index (χ1v) is 16.0. The number of aromatic amines is 4. The zero-order valence-electron chi connectivity index (χ0n) is 27.1. The minimum atomic E-state index is -0.0453. The fourth-order valence-electron chi connectivity index (χ4n) is 6.10. The minimum Gasteiger partial charge on any atom is -0.355 e. The average molecular weight is 718 g/mol. The van der Waals surface area contributed by atoms with Crippen LogP contribution in [0.5, 0.6) is 0 Å². The minimum absolute atomic E-state index is 0. The van der Waals surface area contributed by atoms with Gasteiger partial charge in [0.2, 0.25) is 11.6 Å². The molecule has 10 nitrogen and oxygen atoms in total. The van der Waals surface area contributed by atoms with Crippen molar-refractivity contribution in [2.75, 3.05) is 0 Å². The van der Waals surface area contributed by atoms with Crippen molar-refractivity contribution in [3.63, 3.8) is 0 Å². The predicted octanol–water partition coefficient (Wildman–Crippen LogP) is 2.51. The summed E-state index contributed by atoms with van der Waals surface area (Å²) in [6.45, 7) is 0. The summed E-state index contributed by atoms with van der Waals surface area (Å²) in [5, 5.41) is 10.1. The first-order chi connectivity index (χ1) is 24.4. The van der Waals surface area contributed by atoms with Crippen LogP contribution in [-0.2, 0) is 29.1 Å². The number of hydrogen-bond acceptors (Lipinski definition) is 6. The van der Waals surface area contributed by atoms with Crippen LogP contribution in [0.25, 0.3) is 36.5 Å². The van der Waals surface area contributed by atoms with Gasteiger partial charge in [-0.25, -0.2) is 9.98 Å². The number of fused-ring (bicyclic) bond motifs is 14. The van der Waals surface area contributed by atoms with Crippen LogP contribution in [0.1, 0.15) is 22.8 Å². The van der Waals surface area contributed by atoms with Crippen molar-refractivity contribution in [3.05, 3.63) is 175 Å². The van der Waals surface area contributed by atoms with E-state index in [1.165, 1.54) is 0 Å². The SMILES string of the molecule is O=C1C=C2C=c3ccc([nH]3)=Cc3ccc([nH]3)C=C3C=CC(=N3)C=C1N2.O=C1C=C2C=c3ccc([nH]3)=Cc3ccc([nH]3)C=C3C=CC(=N3)C=C1N2.[Zn]. The molecule has 0 aromatic carbocycles. The van der Waals surface area contributed by atoms with Gasteiger partial charge in [0.15, 0.2) is 0 Å². The molecule has 11 heteroatoms. The molecule has 10 heterocycles. The van der Waals surface area contributed by atoms with Crippen molar-refractivity contribution in [2.45, 2.75) is 0 Å². The predicted molar refractivity (Wildman–Crippen MR) is 195 cm³/mol. The largest absolute Gasteiger partial charge is 0.355 e. The normalized spacial score (nSPS) is 17.5. The molecule has 0 unspecified atom stereocenters. The Morgan fingerprint density at radius 2 is 0.784 bits per heavy atom. The van der Waals surface area contributed by atoms with E-state index in [4.69, 9.17) is 0 Å². The maximum atomic E-state index is 12.2. The summed E-state index contributed by atoms with van der Waals surface area (Å²) in [5.41, 5.74) is 9.76. The third kappa shape index (κ3) is 6.97. The van der Waals surface area contributed by atoms with E-state index in [-0.39, 0.29) is 31.0 Å². The van der Waals surface area contributed by atoms with Crippen LogP contribution in [0.4, 0.5) is 0 Å². The molecule has 0 saturated heterocycles.